The number of nitrogens with zero attached hydrogens (tertiary/aromatic N) is 1. The normalized spacial score (nSPS) is 11.7. The van der Waals surface area contributed by atoms with Crippen molar-refractivity contribution in [2.24, 2.45) is 0 Å². The number of amides is 2. The van der Waals surface area contributed by atoms with Crippen LogP contribution in [-0.2, 0) is 4.84 Å². The minimum absolute atomic E-state index is 0.0673. The van der Waals surface area contributed by atoms with Gasteiger partial charge in [-0.25, -0.2) is 14.9 Å². The number of imidazole rings is 1. The number of carbonyl (C=O) groups is 2. The van der Waals surface area contributed by atoms with Crippen molar-refractivity contribution in [1.29, 1.82) is 0 Å². The Hall–Kier alpha value is -4.73. The van der Waals surface area contributed by atoms with Crippen molar-refractivity contribution in [3.63, 3.8) is 0 Å². The lowest BCUT2D eigenvalue weighted by molar-refractivity contribution is 0.0538. The van der Waals surface area contributed by atoms with Crippen molar-refractivity contribution in [3.8, 4) is 28.3 Å². The van der Waals surface area contributed by atoms with E-state index in [0.29, 0.717) is 44.1 Å². The molecule has 0 bridgehead atoms. The first kappa shape index (κ1) is 29.8. The molecule has 10 heteroatoms. The van der Waals surface area contributed by atoms with Crippen LogP contribution >= 0.6 is 11.6 Å². The summed E-state index contributed by atoms with van der Waals surface area (Å²) in [6.45, 7) is 2.06. The number of fused-ring (bicyclic) bond motifs is 1. The number of hydrogen-bond acceptors (Lipinski definition) is 5. The smallest absolute Gasteiger partial charge is 0.275 e. The monoisotopic (exact) mass is 600 g/mol. The Morgan fingerprint density at radius 3 is 2.49 bits per heavy atom. The molecule has 1 heterocycles. The largest absolute Gasteiger partial charge is 0.494 e. The highest BCUT2D eigenvalue weighted by molar-refractivity contribution is 6.34. The molecule has 0 saturated heterocycles. The fourth-order valence-electron chi connectivity index (χ4n) is 5.07. The van der Waals surface area contributed by atoms with Crippen LogP contribution < -0.4 is 15.5 Å². The summed E-state index contributed by atoms with van der Waals surface area (Å²) in [5, 5.41) is 3.45. The van der Waals surface area contributed by atoms with E-state index in [1.54, 1.807) is 30.3 Å². The topological polar surface area (TPSA) is 105 Å². The number of rotatable bonds is 10. The van der Waals surface area contributed by atoms with Gasteiger partial charge in [0.2, 0.25) is 0 Å². The SMILES string of the molecule is CCC[C@@H](NC(=O)c1ccc(-c2c(Cl)cccc2-c2nc3cc(OC)c(F)cc3[nH]2)c(C(=O)NOC)c1)c1ccccc1. The highest BCUT2D eigenvalue weighted by atomic mass is 35.5. The zero-order chi connectivity index (χ0) is 30.5. The summed E-state index contributed by atoms with van der Waals surface area (Å²) in [5.41, 5.74) is 6.27. The Labute approximate surface area is 253 Å². The van der Waals surface area contributed by atoms with Crippen LogP contribution in [0, 0.1) is 5.82 Å². The molecule has 2 amide bonds. The molecule has 0 unspecified atom stereocenters. The van der Waals surface area contributed by atoms with Gasteiger partial charge < -0.3 is 15.0 Å². The zero-order valence-corrected chi connectivity index (χ0v) is 24.6. The van der Waals surface area contributed by atoms with Crippen LogP contribution in [0.2, 0.25) is 5.02 Å². The molecule has 4 aromatic carbocycles. The quantitative estimate of drug-likeness (QED) is 0.146. The van der Waals surface area contributed by atoms with Crippen LogP contribution in [0.15, 0.2) is 78.9 Å². The van der Waals surface area contributed by atoms with Gasteiger partial charge in [-0.2, -0.15) is 0 Å². The van der Waals surface area contributed by atoms with E-state index in [0.717, 1.165) is 18.4 Å². The summed E-state index contributed by atoms with van der Waals surface area (Å²) in [5.74, 6) is -0.948. The van der Waals surface area contributed by atoms with Crippen LogP contribution in [0.25, 0.3) is 33.5 Å². The third-order valence-electron chi connectivity index (χ3n) is 7.10. The van der Waals surface area contributed by atoms with E-state index in [2.05, 4.69) is 27.7 Å². The van der Waals surface area contributed by atoms with E-state index in [1.165, 1.54) is 32.4 Å². The molecular formula is C33H30ClFN4O4. The fourth-order valence-corrected chi connectivity index (χ4v) is 5.34. The molecule has 0 aliphatic carbocycles. The molecule has 0 radical (unpaired) electrons. The molecule has 0 fully saturated rings. The van der Waals surface area contributed by atoms with E-state index in [1.807, 2.05) is 30.3 Å². The van der Waals surface area contributed by atoms with Crippen molar-refractivity contribution in [3.05, 3.63) is 106 Å². The number of methoxy groups -OCH3 is 1. The van der Waals surface area contributed by atoms with Gasteiger partial charge in [-0.05, 0) is 35.7 Å². The number of aromatic amines is 1. The highest BCUT2D eigenvalue weighted by Crippen LogP contribution is 2.39. The number of ether oxygens (including phenoxy) is 1. The van der Waals surface area contributed by atoms with Crippen LogP contribution in [0.4, 0.5) is 4.39 Å². The average molecular weight is 601 g/mol. The molecule has 43 heavy (non-hydrogen) atoms. The van der Waals surface area contributed by atoms with Gasteiger partial charge in [0.15, 0.2) is 11.6 Å². The molecule has 5 rings (SSSR count). The third kappa shape index (κ3) is 6.23. The predicted octanol–water partition coefficient (Wildman–Crippen LogP) is 7.26. The molecule has 8 nitrogen and oxygen atoms in total. The molecule has 5 aromatic rings. The van der Waals surface area contributed by atoms with Gasteiger partial charge in [0.05, 0.1) is 36.9 Å². The summed E-state index contributed by atoms with van der Waals surface area (Å²) in [6, 6.07) is 22.4. The van der Waals surface area contributed by atoms with Gasteiger partial charge in [0.25, 0.3) is 11.8 Å². The lowest BCUT2D eigenvalue weighted by Crippen LogP contribution is -2.29. The number of H-pyrrole nitrogens is 1. The second-order valence-electron chi connectivity index (χ2n) is 9.87. The summed E-state index contributed by atoms with van der Waals surface area (Å²) < 4.78 is 19.5. The van der Waals surface area contributed by atoms with Gasteiger partial charge in [-0.3, -0.25) is 14.4 Å². The number of hydrogen-bond donors (Lipinski definition) is 3. The zero-order valence-electron chi connectivity index (χ0n) is 23.8. The standard InChI is InChI=1S/C33H30ClFN4O4/c1-4-9-26(19-10-6-5-7-11-19)38-32(40)20-14-15-21(23(16-20)33(41)39-43-3)30-22(12-8-13-24(30)34)31-36-27-17-25(35)29(42-2)18-28(27)37-31/h5-8,10-18,26H,4,9H2,1-3H3,(H,36,37)(H,38,40)(H,39,41)/t26-/m1/s1. The van der Waals surface area contributed by atoms with Crippen molar-refractivity contribution in [2.75, 3.05) is 14.2 Å². The molecule has 3 N–H and O–H groups in total. The maximum Gasteiger partial charge on any atom is 0.275 e. The third-order valence-corrected chi connectivity index (χ3v) is 7.41. The van der Waals surface area contributed by atoms with Gasteiger partial charge in [-0.1, -0.05) is 73.5 Å². The maximum atomic E-state index is 14.4. The number of halogens is 2. The van der Waals surface area contributed by atoms with Gasteiger partial charge >= 0.3 is 0 Å². The maximum absolute atomic E-state index is 14.4. The molecular weight excluding hydrogens is 571 g/mol. The Morgan fingerprint density at radius 2 is 1.77 bits per heavy atom. The second-order valence-corrected chi connectivity index (χ2v) is 10.3. The Bertz CT molecular complexity index is 1790. The number of aromatic nitrogens is 2. The number of hydroxylamine groups is 1. The molecule has 0 spiro atoms. The minimum atomic E-state index is -0.567. The summed E-state index contributed by atoms with van der Waals surface area (Å²) in [4.78, 5) is 39.4. The molecule has 1 aromatic heterocycles. The first-order valence-electron chi connectivity index (χ1n) is 13.7. The van der Waals surface area contributed by atoms with Crippen LogP contribution in [0.5, 0.6) is 5.75 Å². The lowest BCUT2D eigenvalue weighted by Gasteiger charge is -2.20. The van der Waals surface area contributed by atoms with E-state index >= 15 is 0 Å². The molecule has 0 aliphatic rings. The number of nitrogens with one attached hydrogen (secondary N) is 3. The van der Waals surface area contributed by atoms with Gasteiger partial charge in [0, 0.05) is 33.8 Å². The minimum Gasteiger partial charge on any atom is -0.494 e. The van der Waals surface area contributed by atoms with Gasteiger partial charge in [0.1, 0.15) is 5.82 Å². The predicted molar refractivity (Wildman–Crippen MR) is 165 cm³/mol. The fraction of sp³-hybridized carbons (Fsp3) is 0.182. The lowest BCUT2D eigenvalue weighted by atomic mass is 9.92. The molecule has 220 valence electrons. The van der Waals surface area contributed by atoms with Gasteiger partial charge in [-0.15, -0.1) is 0 Å². The van der Waals surface area contributed by atoms with Crippen LogP contribution in [-0.4, -0.2) is 36.0 Å². The first-order valence-corrected chi connectivity index (χ1v) is 14.1. The van der Waals surface area contributed by atoms with Crippen molar-refractivity contribution >= 4 is 34.4 Å². The highest BCUT2D eigenvalue weighted by Gasteiger charge is 2.23. The Morgan fingerprint density at radius 1 is 0.977 bits per heavy atom. The van der Waals surface area contributed by atoms with Crippen molar-refractivity contribution in [1.82, 2.24) is 20.8 Å². The van der Waals surface area contributed by atoms with E-state index in [4.69, 9.17) is 21.2 Å². The number of benzene rings is 4. The van der Waals surface area contributed by atoms with Crippen molar-refractivity contribution < 1.29 is 23.6 Å². The average Bonchev–Trinajstić information content (AvgIpc) is 3.43. The summed E-state index contributed by atoms with van der Waals surface area (Å²) >= 11 is 6.75. The molecule has 0 aliphatic heterocycles. The van der Waals surface area contributed by atoms with E-state index < -0.39 is 11.7 Å². The van der Waals surface area contributed by atoms with Crippen LogP contribution in [0.1, 0.15) is 52.1 Å². The Balaban J connectivity index is 1.59. The van der Waals surface area contributed by atoms with Crippen molar-refractivity contribution in [2.45, 2.75) is 25.8 Å². The Kier molecular flexibility index (Phi) is 9.04. The number of carbonyl (C=O) groups excluding carboxylic acids is 2. The summed E-state index contributed by atoms with van der Waals surface area (Å²) in [6.07, 6.45) is 1.62. The van der Waals surface area contributed by atoms with Crippen LogP contribution in [0.3, 0.4) is 0 Å². The second kappa shape index (κ2) is 13.1. The summed E-state index contributed by atoms with van der Waals surface area (Å²) in [7, 11) is 2.71. The first-order chi connectivity index (χ1) is 20.8. The van der Waals surface area contributed by atoms with E-state index in [-0.39, 0.29) is 23.3 Å². The van der Waals surface area contributed by atoms with E-state index in [9.17, 15) is 14.0 Å². The molecule has 1 atom stereocenters. The molecule has 0 saturated carbocycles.